The van der Waals surface area contributed by atoms with E-state index in [1.54, 1.807) is 0 Å². The monoisotopic (exact) mass is 209 g/mol. The first-order valence-corrected chi connectivity index (χ1v) is 3.41. The third kappa shape index (κ3) is 2.21. The van der Waals surface area contributed by atoms with Crippen molar-refractivity contribution < 1.29 is 27.6 Å². The molecule has 0 aromatic carbocycles. The number of aromatic nitrogens is 1. The molecule has 0 aliphatic carbocycles. The summed E-state index contributed by atoms with van der Waals surface area (Å²) < 4.78 is 48.7. The average Bonchev–Trinajstić information content (AvgIpc) is 2.01. The van der Waals surface area contributed by atoms with Gasteiger partial charge in [0.2, 0.25) is 0 Å². The minimum atomic E-state index is -4.84. The van der Waals surface area contributed by atoms with Crippen LogP contribution in [-0.4, -0.2) is 22.2 Å². The first-order valence-electron chi connectivity index (χ1n) is 3.41. The quantitative estimate of drug-likeness (QED) is 0.502. The molecule has 0 aliphatic heterocycles. The van der Waals surface area contributed by atoms with Crippen LogP contribution in [0.25, 0.3) is 0 Å². The lowest BCUT2D eigenvalue weighted by Gasteiger charge is -2.07. The third-order valence-electron chi connectivity index (χ3n) is 1.44. The van der Waals surface area contributed by atoms with E-state index >= 15 is 0 Å². The number of halogens is 4. The van der Waals surface area contributed by atoms with E-state index in [1.807, 2.05) is 0 Å². The molecule has 76 valence electrons. The lowest BCUT2D eigenvalue weighted by molar-refractivity contribution is -0.140. The van der Waals surface area contributed by atoms with E-state index in [-0.39, 0.29) is 6.20 Å². The zero-order valence-electron chi connectivity index (χ0n) is 6.59. The molecule has 0 saturated carbocycles. The molecule has 0 saturated heterocycles. The lowest BCUT2D eigenvalue weighted by Crippen LogP contribution is -2.33. The summed E-state index contributed by atoms with van der Waals surface area (Å²) in [6, 6.07) is 0.327. The normalized spacial score (nSPS) is 11.6. The van der Waals surface area contributed by atoms with E-state index in [0.717, 1.165) is 0 Å². The minimum Gasteiger partial charge on any atom is -0.422 e. The van der Waals surface area contributed by atoms with Crippen molar-refractivity contribution in [2.45, 2.75) is 6.18 Å². The smallest absolute Gasteiger partial charge is 0.422 e. The topological polar surface area (TPSA) is 53.4 Å². The number of pyridine rings is 1. The van der Waals surface area contributed by atoms with Crippen LogP contribution in [-0.2, 0) is 6.18 Å². The zero-order valence-corrected chi connectivity index (χ0v) is 6.59. The number of nitrogens with zero attached hydrogens (tertiary/aromatic N) is 1. The summed E-state index contributed by atoms with van der Waals surface area (Å²) in [5.41, 5.74) is -2.11. The van der Waals surface area contributed by atoms with Crippen molar-refractivity contribution in [3.63, 3.8) is 0 Å². The van der Waals surface area contributed by atoms with E-state index in [2.05, 4.69) is 4.98 Å². The van der Waals surface area contributed by atoms with Crippen molar-refractivity contribution >= 4 is 12.7 Å². The van der Waals surface area contributed by atoms with E-state index in [1.165, 1.54) is 0 Å². The first-order chi connectivity index (χ1) is 6.32. The van der Waals surface area contributed by atoms with Gasteiger partial charge in [0.1, 0.15) is 11.4 Å². The molecule has 2 N–H and O–H groups in total. The molecule has 0 fully saturated rings. The summed E-state index contributed by atoms with van der Waals surface area (Å²) in [7, 11) is -2.09. The molecule has 0 aliphatic rings. The van der Waals surface area contributed by atoms with Crippen molar-refractivity contribution in [2.75, 3.05) is 0 Å². The van der Waals surface area contributed by atoms with Crippen LogP contribution < -0.4 is 5.59 Å². The van der Waals surface area contributed by atoms with Crippen molar-refractivity contribution in [3.8, 4) is 0 Å². The highest BCUT2D eigenvalue weighted by Gasteiger charge is 2.35. The molecular weight excluding hydrogens is 205 g/mol. The standard InChI is InChI=1S/C6H4BF4NO2/c8-4-1-5(7(13)14)12-2-3(4)6(9,10)11/h1-2,13-14H. The molecule has 0 amide bonds. The highest BCUT2D eigenvalue weighted by atomic mass is 19.4. The van der Waals surface area contributed by atoms with Gasteiger partial charge in [0, 0.05) is 6.20 Å². The maximum Gasteiger partial charge on any atom is 0.508 e. The maximum absolute atomic E-state index is 12.7. The van der Waals surface area contributed by atoms with Gasteiger partial charge in [0.05, 0.1) is 5.59 Å². The summed E-state index contributed by atoms with van der Waals surface area (Å²) in [5, 5.41) is 17.0. The van der Waals surface area contributed by atoms with Gasteiger partial charge in [-0.1, -0.05) is 0 Å². The predicted molar refractivity (Wildman–Crippen MR) is 39.0 cm³/mol. The molecule has 0 bridgehead atoms. The van der Waals surface area contributed by atoms with E-state index in [4.69, 9.17) is 10.0 Å². The third-order valence-corrected chi connectivity index (χ3v) is 1.44. The van der Waals surface area contributed by atoms with Gasteiger partial charge in [0.15, 0.2) is 0 Å². The highest BCUT2D eigenvalue weighted by Crippen LogP contribution is 2.29. The molecule has 1 heterocycles. The largest absolute Gasteiger partial charge is 0.508 e. The van der Waals surface area contributed by atoms with Crippen LogP contribution >= 0.6 is 0 Å². The Morgan fingerprint density at radius 1 is 1.29 bits per heavy atom. The Bertz CT molecular complexity index is 341. The van der Waals surface area contributed by atoms with E-state index < -0.39 is 30.3 Å². The summed E-state index contributed by atoms with van der Waals surface area (Å²) in [6.07, 6.45) is -4.62. The summed E-state index contributed by atoms with van der Waals surface area (Å²) in [4.78, 5) is 3.05. The Balaban J connectivity index is 3.15. The van der Waals surface area contributed by atoms with Gasteiger partial charge in [-0.25, -0.2) is 4.39 Å². The molecular formula is C6H4BF4NO2. The van der Waals surface area contributed by atoms with Gasteiger partial charge in [-0.2, -0.15) is 13.2 Å². The second-order valence-electron chi connectivity index (χ2n) is 2.46. The highest BCUT2D eigenvalue weighted by molar-refractivity contribution is 6.57. The lowest BCUT2D eigenvalue weighted by atomic mass is 9.85. The number of hydrogen-bond acceptors (Lipinski definition) is 3. The number of hydrogen-bond donors (Lipinski definition) is 2. The fraction of sp³-hybridized carbons (Fsp3) is 0.167. The van der Waals surface area contributed by atoms with Crippen LogP contribution in [0.4, 0.5) is 17.6 Å². The van der Waals surface area contributed by atoms with Gasteiger partial charge in [-0.05, 0) is 6.07 Å². The van der Waals surface area contributed by atoms with Gasteiger partial charge >= 0.3 is 13.3 Å². The maximum atomic E-state index is 12.7. The summed E-state index contributed by atoms with van der Waals surface area (Å²) in [5.74, 6) is -1.59. The Labute approximate surface area is 76.2 Å². The number of alkyl halides is 3. The van der Waals surface area contributed by atoms with Gasteiger partial charge < -0.3 is 10.0 Å². The molecule has 0 spiro atoms. The fourth-order valence-corrected chi connectivity index (χ4v) is 0.795. The van der Waals surface area contributed by atoms with Crippen LogP contribution in [0.3, 0.4) is 0 Å². The van der Waals surface area contributed by atoms with Gasteiger partial charge in [0.25, 0.3) is 0 Å². The Morgan fingerprint density at radius 3 is 2.21 bits per heavy atom. The molecule has 1 rings (SSSR count). The van der Waals surface area contributed by atoms with Crippen LogP contribution in [0.5, 0.6) is 0 Å². The first kappa shape index (κ1) is 10.9. The number of rotatable bonds is 1. The molecule has 8 heteroatoms. The van der Waals surface area contributed by atoms with Crippen LogP contribution in [0.2, 0.25) is 0 Å². The molecule has 14 heavy (non-hydrogen) atoms. The summed E-state index contributed by atoms with van der Waals surface area (Å²) >= 11 is 0. The molecule has 0 atom stereocenters. The minimum absolute atomic E-state index is 0.212. The van der Waals surface area contributed by atoms with Gasteiger partial charge in [-0.3, -0.25) is 4.98 Å². The Hall–Kier alpha value is -1.15. The van der Waals surface area contributed by atoms with Crippen molar-refractivity contribution in [3.05, 3.63) is 23.6 Å². The van der Waals surface area contributed by atoms with Crippen LogP contribution in [0, 0.1) is 5.82 Å². The predicted octanol–water partition coefficient (Wildman–Crippen LogP) is -0.0807. The Kier molecular flexibility index (Phi) is 2.77. The van der Waals surface area contributed by atoms with E-state index in [0.29, 0.717) is 6.07 Å². The average molecular weight is 209 g/mol. The second kappa shape index (κ2) is 3.54. The van der Waals surface area contributed by atoms with Crippen molar-refractivity contribution in [1.82, 2.24) is 4.98 Å². The van der Waals surface area contributed by atoms with Gasteiger partial charge in [-0.15, -0.1) is 0 Å². The Morgan fingerprint density at radius 2 is 1.86 bits per heavy atom. The molecule has 3 nitrogen and oxygen atoms in total. The molecule has 0 radical (unpaired) electrons. The van der Waals surface area contributed by atoms with Crippen LogP contribution in [0.15, 0.2) is 12.3 Å². The molecule has 0 unspecified atom stereocenters. The zero-order chi connectivity index (χ0) is 10.9. The molecule has 1 aromatic heterocycles. The fourth-order valence-electron chi connectivity index (χ4n) is 0.795. The van der Waals surface area contributed by atoms with Crippen LogP contribution in [0.1, 0.15) is 5.56 Å². The SMILES string of the molecule is OB(O)c1cc(F)c(C(F)(F)F)cn1. The second-order valence-corrected chi connectivity index (χ2v) is 2.46. The van der Waals surface area contributed by atoms with E-state index in [9.17, 15) is 17.6 Å². The summed E-state index contributed by atoms with van der Waals surface area (Å²) in [6.45, 7) is 0. The van der Waals surface area contributed by atoms with Crippen molar-refractivity contribution in [1.29, 1.82) is 0 Å². The molecule has 1 aromatic rings. The van der Waals surface area contributed by atoms with Crippen molar-refractivity contribution in [2.24, 2.45) is 0 Å².